The van der Waals surface area contributed by atoms with Gasteiger partial charge in [-0.25, -0.2) is 4.79 Å². The summed E-state index contributed by atoms with van der Waals surface area (Å²) >= 11 is 0. The molecule has 1 aliphatic carbocycles. The van der Waals surface area contributed by atoms with Crippen molar-refractivity contribution in [2.24, 2.45) is 0 Å². The Morgan fingerprint density at radius 2 is 1.86 bits per heavy atom. The van der Waals surface area contributed by atoms with Gasteiger partial charge in [0.2, 0.25) is 0 Å². The zero-order valence-electron chi connectivity index (χ0n) is 11.2. The molecular formula is C14H15F3N2O2. The maximum Gasteiger partial charge on any atom is 0.416 e. The summed E-state index contributed by atoms with van der Waals surface area (Å²) in [6.45, 7) is 0. The van der Waals surface area contributed by atoms with Gasteiger partial charge in [0.15, 0.2) is 0 Å². The summed E-state index contributed by atoms with van der Waals surface area (Å²) in [5.74, 6) is 0. The van der Waals surface area contributed by atoms with Crippen molar-refractivity contribution in [1.29, 1.82) is 0 Å². The molecule has 1 aromatic heterocycles. The van der Waals surface area contributed by atoms with Gasteiger partial charge in [-0.05, 0) is 43.9 Å². The van der Waals surface area contributed by atoms with Gasteiger partial charge < -0.3 is 10.1 Å². The smallest absolute Gasteiger partial charge is 0.393 e. The number of rotatable bonds is 1. The summed E-state index contributed by atoms with van der Waals surface area (Å²) in [5.41, 5.74) is -0.497. The Morgan fingerprint density at radius 3 is 2.48 bits per heavy atom. The first-order chi connectivity index (χ1) is 9.86. The fourth-order valence-electron chi connectivity index (χ4n) is 2.99. The molecule has 0 spiro atoms. The van der Waals surface area contributed by atoms with E-state index in [1.165, 1.54) is 10.6 Å². The molecule has 1 saturated carbocycles. The van der Waals surface area contributed by atoms with Crippen LogP contribution in [0.25, 0.3) is 11.0 Å². The number of imidazole rings is 1. The van der Waals surface area contributed by atoms with Gasteiger partial charge in [-0.3, -0.25) is 4.57 Å². The molecule has 3 rings (SSSR count). The minimum Gasteiger partial charge on any atom is -0.393 e. The highest BCUT2D eigenvalue weighted by molar-refractivity contribution is 5.76. The molecular weight excluding hydrogens is 285 g/mol. The fraction of sp³-hybridized carbons (Fsp3) is 0.500. The molecule has 0 amide bonds. The molecule has 4 nitrogen and oxygen atoms in total. The molecule has 21 heavy (non-hydrogen) atoms. The number of hydrogen-bond donors (Lipinski definition) is 2. The number of nitrogens with zero attached hydrogens (tertiary/aromatic N) is 1. The molecule has 0 radical (unpaired) electrons. The lowest BCUT2D eigenvalue weighted by Gasteiger charge is -2.26. The number of aliphatic hydroxyl groups excluding tert-OH is 1. The summed E-state index contributed by atoms with van der Waals surface area (Å²) in [6.07, 6.45) is -2.28. The quantitative estimate of drug-likeness (QED) is 0.851. The van der Waals surface area contributed by atoms with Crippen molar-refractivity contribution in [2.45, 2.75) is 44.0 Å². The molecule has 0 aliphatic heterocycles. The average Bonchev–Trinajstić information content (AvgIpc) is 2.74. The largest absolute Gasteiger partial charge is 0.416 e. The van der Waals surface area contributed by atoms with Gasteiger partial charge in [-0.1, -0.05) is 0 Å². The lowest BCUT2D eigenvalue weighted by atomic mass is 9.93. The van der Waals surface area contributed by atoms with Gasteiger partial charge in [0.25, 0.3) is 0 Å². The zero-order valence-corrected chi connectivity index (χ0v) is 11.2. The second kappa shape index (κ2) is 4.91. The van der Waals surface area contributed by atoms with Crippen LogP contribution in [0.3, 0.4) is 0 Å². The van der Waals surface area contributed by atoms with E-state index in [9.17, 15) is 23.1 Å². The van der Waals surface area contributed by atoms with E-state index >= 15 is 0 Å². The Bertz CT molecular complexity index is 709. The Balaban J connectivity index is 2.04. The Kier molecular flexibility index (Phi) is 3.32. The molecule has 0 atom stereocenters. The number of aliphatic hydroxyl groups is 1. The monoisotopic (exact) mass is 300 g/mol. The number of H-pyrrole nitrogens is 1. The van der Waals surface area contributed by atoms with Crippen LogP contribution < -0.4 is 5.69 Å². The van der Waals surface area contributed by atoms with Crippen molar-refractivity contribution in [3.63, 3.8) is 0 Å². The van der Waals surface area contributed by atoms with E-state index in [2.05, 4.69) is 4.98 Å². The van der Waals surface area contributed by atoms with E-state index in [4.69, 9.17) is 0 Å². The van der Waals surface area contributed by atoms with Gasteiger partial charge in [-0.15, -0.1) is 0 Å². The lowest BCUT2D eigenvalue weighted by molar-refractivity contribution is -0.137. The average molecular weight is 300 g/mol. The highest BCUT2D eigenvalue weighted by atomic mass is 19.4. The molecule has 0 saturated heterocycles. The maximum absolute atomic E-state index is 12.7. The zero-order chi connectivity index (χ0) is 15.2. The van der Waals surface area contributed by atoms with Gasteiger partial charge in [0.05, 0.1) is 22.7 Å². The van der Waals surface area contributed by atoms with Crippen LogP contribution in [0.1, 0.15) is 37.3 Å². The number of hydrogen-bond acceptors (Lipinski definition) is 2. The minimum absolute atomic E-state index is 0.0774. The van der Waals surface area contributed by atoms with Crippen LogP contribution in [0.4, 0.5) is 13.2 Å². The topological polar surface area (TPSA) is 58.0 Å². The van der Waals surface area contributed by atoms with Crippen LogP contribution in [0.15, 0.2) is 23.0 Å². The highest BCUT2D eigenvalue weighted by Gasteiger charge is 2.31. The normalized spacial score (nSPS) is 23.6. The highest BCUT2D eigenvalue weighted by Crippen LogP contribution is 2.33. The van der Waals surface area contributed by atoms with Crippen LogP contribution in [-0.2, 0) is 6.18 Å². The molecule has 1 fully saturated rings. The summed E-state index contributed by atoms with van der Waals surface area (Å²) in [4.78, 5) is 14.5. The molecule has 7 heteroatoms. The first-order valence-corrected chi connectivity index (χ1v) is 6.86. The number of aromatic nitrogens is 2. The Morgan fingerprint density at radius 1 is 1.19 bits per heavy atom. The third-order valence-electron chi connectivity index (χ3n) is 4.08. The lowest BCUT2D eigenvalue weighted by Crippen LogP contribution is -2.27. The van der Waals surface area contributed by atoms with Crippen molar-refractivity contribution < 1.29 is 18.3 Å². The minimum atomic E-state index is -4.43. The van der Waals surface area contributed by atoms with E-state index in [0.717, 1.165) is 12.1 Å². The van der Waals surface area contributed by atoms with E-state index in [1.54, 1.807) is 0 Å². The third kappa shape index (κ3) is 2.57. The van der Waals surface area contributed by atoms with Crippen LogP contribution in [0.5, 0.6) is 0 Å². The molecule has 0 unspecified atom stereocenters. The Labute approximate surface area is 118 Å². The number of aromatic amines is 1. The van der Waals surface area contributed by atoms with Gasteiger partial charge >= 0.3 is 11.9 Å². The third-order valence-corrected chi connectivity index (χ3v) is 4.08. The number of halogens is 3. The number of benzene rings is 1. The molecule has 114 valence electrons. The summed E-state index contributed by atoms with van der Waals surface area (Å²) < 4.78 is 39.6. The predicted octanol–water partition coefficient (Wildman–Crippen LogP) is 2.82. The SMILES string of the molecule is O=c1[nH]c2cc(C(F)(F)F)ccc2n1C1CCC(O)CC1. The standard InChI is InChI=1S/C14H15F3N2O2/c15-14(16,17)8-1-6-12-11(7-8)18-13(21)19(12)9-2-4-10(20)5-3-9/h1,6-7,9-10,20H,2-5H2,(H,18,21). The van der Waals surface area contributed by atoms with Gasteiger partial charge in [0, 0.05) is 6.04 Å². The van der Waals surface area contributed by atoms with Crippen molar-refractivity contribution in [3.05, 3.63) is 34.2 Å². The van der Waals surface area contributed by atoms with Crippen LogP contribution in [-0.4, -0.2) is 20.8 Å². The van der Waals surface area contributed by atoms with E-state index < -0.39 is 17.4 Å². The van der Waals surface area contributed by atoms with Crippen LogP contribution >= 0.6 is 0 Å². The first kappa shape index (κ1) is 14.2. The molecule has 0 bridgehead atoms. The van der Waals surface area contributed by atoms with Crippen molar-refractivity contribution >= 4 is 11.0 Å². The first-order valence-electron chi connectivity index (χ1n) is 6.86. The molecule has 2 aromatic rings. The molecule has 2 N–H and O–H groups in total. The van der Waals surface area contributed by atoms with E-state index in [0.29, 0.717) is 31.2 Å². The molecule has 1 aliphatic rings. The van der Waals surface area contributed by atoms with Gasteiger partial charge in [-0.2, -0.15) is 13.2 Å². The molecule has 1 aromatic carbocycles. The molecule has 1 heterocycles. The summed E-state index contributed by atoms with van der Waals surface area (Å²) in [6, 6.07) is 3.21. The summed E-state index contributed by atoms with van der Waals surface area (Å²) in [7, 11) is 0. The summed E-state index contributed by atoms with van der Waals surface area (Å²) in [5, 5.41) is 9.51. The second-order valence-corrected chi connectivity index (χ2v) is 5.49. The van der Waals surface area contributed by atoms with Crippen LogP contribution in [0, 0.1) is 0 Å². The van der Waals surface area contributed by atoms with Gasteiger partial charge in [0.1, 0.15) is 0 Å². The fourth-order valence-corrected chi connectivity index (χ4v) is 2.99. The van der Waals surface area contributed by atoms with E-state index in [1.807, 2.05) is 0 Å². The van der Waals surface area contributed by atoms with Crippen LogP contribution in [0.2, 0.25) is 0 Å². The maximum atomic E-state index is 12.7. The van der Waals surface area contributed by atoms with Crippen molar-refractivity contribution in [2.75, 3.05) is 0 Å². The number of nitrogens with one attached hydrogen (secondary N) is 1. The number of fused-ring (bicyclic) bond motifs is 1. The Hall–Kier alpha value is -1.76. The van der Waals surface area contributed by atoms with Crippen molar-refractivity contribution in [1.82, 2.24) is 9.55 Å². The second-order valence-electron chi connectivity index (χ2n) is 5.49. The van der Waals surface area contributed by atoms with Crippen molar-refractivity contribution in [3.8, 4) is 0 Å². The number of alkyl halides is 3. The van der Waals surface area contributed by atoms with E-state index in [-0.39, 0.29) is 17.7 Å². The predicted molar refractivity (Wildman–Crippen MR) is 71.1 cm³/mol.